The summed E-state index contributed by atoms with van der Waals surface area (Å²) in [6, 6.07) is 8.46. The lowest BCUT2D eigenvalue weighted by Gasteiger charge is -2.18. The Labute approximate surface area is 138 Å². The van der Waals surface area contributed by atoms with Crippen LogP contribution in [-0.2, 0) is 4.74 Å². The molecule has 5 nitrogen and oxygen atoms in total. The van der Waals surface area contributed by atoms with Gasteiger partial charge in [-0.1, -0.05) is 25.5 Å². The van der Waals surface area contributed by atoms with Gasteiger partial charge in [0.1, 0.15) is 0 Å². The maximum absolute atomic E-state index is 9.95. The van der Waals surface area contributed by atoms with Gasteiger partial charge < -0.3 is 19.7 Å². The van der Waals surface area contributed by atoms with Crippen LogP contribution in [0.2, 0.25) is 0 Å². The van der Waals surface area contributed by atoms with Crippen LogP contribution in [0.1, 0.15) is 38.3 Å². The van der Waals surface area contributed by atoms with Gasteiger partial charge in [0.05, 0.1) is 19.0 Å². The third kappa shape index (κ3) is 5.78. The smallest absolute Gasteiger partial charge is 0.0991 e. The van der Waals surface area contributed by atoms with Crippen LogP contribution >= 0.6 is 0 Å². The van der Waals surface area contributed by atoms with Gasteiger partial charge in [0.25, 0.3) is 0 Å². The largest absolute Gasteiger partial charge is 0.389 e. The van der Waals surface area contributed by atoms with Crippen LogP contribution in [-0.4, -0.2) is 40.5 Å². The van der Waals surface area contributed by atoms with E-state index >= 15 is 0 Å². The highest BCUT2D eigenvalue weighted by Gasteiger charge is 2.10. The molecule has 0 saturated heterocycles. The number of aromatic nitrogens is 2. The van der Waals surface area contributed by atoms with Crippen molar-refractivity contribution < 1.29 is 9.84 Å². The number of rotatable bonds is 10. The van der Waals surface area contributed by atoms with Crippen molar-refractivity contribution in [2.24, 2.45) is 0 Å². The van der Waals surface area contributed by atoms with Gasteiger partial charge in [-0.2, -0.15) is 0 Å². The number of ether oxygens (including phenoxy) is 1. The standard InChI is InChI=1S/C18H27N3O2/c1-3-4-10-23-13-18(22)12-20-15(2)16-6-5-7-17(11-16)21-9-8-19-14-21/h5-9,11,14-15,18,20,22H,3-4,10,12-13H2,1-2H3. The van der Waals surface area contributed by atoms with Crippen LogP contribution < -0.4 is 5.32 Å². The van der Waals surface area contributed by atoms with Crippen LogP contribution in [0, 0.1) is 0 Å². The zero-order valence-corrected chi connectivity index (χ0v) is 14.0. The number of aliphatic hydroxyl groups is 1. The van der Waals surface area contributed by atoms with Crippen LogP contribution in [0.4, 0.5) is 0 Å². The molecule has 1 heterocycles. The fourth-order valence-electron chi connectivity index (χ4n) is 2.32. The second kappa shape index (κ2) is 9.45. The molecular weight excluding hydrogens is 290 g/mol. The Kier molecular flexibility index (Phi) is 7.26. The summed E-state index contributed by atoms with van der Waals surface area (Å²) in [5, 5.41) is 13.3. The van der Waals surface area contributed by atoms with Crippen molar-refractivity contribution >= 4 is 0 Å². The van der Waals surface area contributed by atoms with Gasteiger partial charge in [0.15, 0.2) is 0 Å². The van der Waals surface area contributed by atoms with E-state index in [9.17, 15) is 5.11 Å². The third-order valence-corrected chi connectivity index (χ3v) is 3.78. The van der Waals surface area contributed by atoms with Crippen molar-refractivity contribution in [1.82, 2.24) is 14.9 Å². The SMILES string of the molecule is CCCCOCC(O)CNC(C)c1cccc(-n2ccnc2)c1. The van der Waals surface area contributed by atoms with E-state index in [2.05, 4.69) is 36.3 Å². The Bertz CT molecular complexity index is 557. The summed E-state index contributed by atoms with van der Waals surface area (Å²) in [6.07, 6.45) is 7.15. The van der Waals surface area contributed by atoms with Crippen molar-refractivity contribution in [3.63, 3.8) is 0 Å². The van der Waals surface area contributed by atoms with Crippen molar-refractivity contribution in [2.75, 3.05) is 19.8 Å². The summed E-state index contributed by atoms with van der Waals surface area (Å²) >= 11 is 0. The molecule has 126 valence electrons. The Morgan fingerprint density at radius 1 is 1.39 bits per heavy atom. The quantitative estimate of drug-likeness (QED) is 0.662. The molecule has 0 radical (unpaired) electrons. The zero-order chi connectivity index (χ0) is 16.5. The van der Waals surface area contributed by atoms with Crippen LogP contribution in [0.5, 0.6) is 0 Å². The number of imidazole rings is 1. The van der Waals surface area contributed by atoms with Gasteiger partial charge in [-0.15, -0.1) is 0 Å². The van der Waals surface area contributed by atoms with E-state index in [1.807, 2.05) is 22.9 Å². The van der Waals surface area contributed by atoms with E-state index in [0.717, 1.165) is 25.1 Å². The Hall–Kier alpha value is -1.69. The number of hydrogen-bond acceptors (Lipinski definition) is 4. The van der Waals surface area contributed by atoms with E-state index in [0.29, 0.717) is 13.2 Å². The molecule has 2 rings (SSSR count). The van der Waals surface area contributed by atoms with E-state index in [4.69, 9.17) is 4.74 Å². The van der Waals surface area contributed by atoms with Crippen LogP contribution in [0.15, 0.2) is 43.0 Å². The highest BCUT2D eigenvalue weighted by Crippen LogP contribution is 2.16. The zero-order valence-electron chi connectivity index (χ0n) is 14.0. The van der Waals surface area contributed by atoms with Crippen molar-refractivity contribution in [2.45, 2.75) is 38.8 Å². The van der Waals surface area contributed by atoms with E-state index < -0.39 is 6.10 Å². The lowest BCUT2D eigenvalue weighted by atomic mass is 10.1. The molecule has 0 aliphatic carbocycles. The van der Waals surface area contributed by atoms with Gasteiger partial charge in [-0.05, 0) is 31.0 Å². The maximum Gasteiger partial charge on any atom is 0.0991 e. The summed E-state index contributed by atoms with van der Waals surface area (Å²) in [4.78, 5) is 4.07. The third-order valence-electron chi connectivity index (χ3n) is 3.78. The van der Waals surface area contributed by atoms with Crippen LogP contribution in [0.3, 0.4) is 0 Å². The molecule has 2 aromatic rings. The highest BCUT2D eigenvalue weighted by molar-refractivity contribution is 5.36. The predicted octanol–water partition coefficient (Wildman–Crippen LogP) is 2.70. The molecule has 0 aliphatic heterocycles. The minimum atomic E-state index is -0.480. The molecule has 1 aromatic carbocycles. The van der Waals surface area contributed by atoms with E-state index in [1.165, 1.54) is 5.56 Å². The number of aliphatic hydroxyl groups excluding tert-OH is 1. The maximum atomic E-state index is 9.95. The summed E-state index contributed by atoms with van der Waals surface area (Å²) in [7, 11) is 0. The fraction of sp³-hybridized carbons (Fsp3) is 0.500. The second-order valence-electron chi connectivity index (χ2n) is 5.78. The van der Waals surface area contributed by atoms with Gasteiger partial charge in [0, 0.05) is 37.3 Å². The van der Waals surface area contributed by atoms with Gasteiger partial charge in [-0.25, -0.2) is 4.98 Å². The monoisotopic (exact) mass is 317 g/mol. The highest BCUT2D eigenvalue weighted by atomic mass is 16.5. The fourth-order valence-corrected chi connectivity index (χ4v) is 2.32. The van der Waals surface area contributed by atoms with E-state index in [1.54, 1.807) is 12.5 Å². The van der Waals surface area contributed by atoms with Gasteiger partial charge in [0.2, 0.25) is 0 Å². The number of unbranched alkanes of at least 4 members (excludes halogenated alkanes) is 1. The molecule has 0 saturated carbocycles. The molecule has 23 heavy (non-hydrogen) atoms. The van der Waals surface area contributed by atoms with Gasteiger partial charge in [-0.3, -0.25) is 0 Å². The minimum Gasteiger partial charge on any atom is -0.389 e. The van der Waals surface area contributed by atoms with Crippen molar-refractivity contribution in [3.05, 3.63) is 48.5 Å². The van der Waals surface area contributed by atoms with Crippen molar-refractivity contribution in [3.8, 4) is 5.69 Å². The first-order valence-electron chi connectivity index (χ1n) is 8.28. The average molecular weight is 317 g/mol. The molecule has 5 heteroatoms. The lowest BCUT2D eigenvalue weighted by Crippen LogP contribution is -2.32. The topological polar surface area (TPSA) is 59.3 Å². The second-order valence-corrected chi connectivity index (χ2v) is 5.78. The van der Waals surface area contributed by atoms with Gasteiger partial charge >= 0.3 is 0 Å². The Morgan fingerprint density at radius 2 is 2.26 bits per heavy atom. The minimum absolute atomic E-state index is 0.156. The first-order chi connectivity index (χ1) is 11.2. The molecule has 0 amide bonds. The summed E-state index contributed by atoms with van der Waals surface area (Å²) in [5.41, 5.74) is 2.26. The molecule has 0 aliphatic rings. The van der Waals surface area contributed by atoms with Crippen molar-refractivity contribution in [1.29, 1.82) is 0 Å². The number of hydrogen-bond donors (Lipinski definition) is 2. The number of nitrogens with one attached hydrogen (secondary N) is 1. The Balaban J connectivity index is 1.81. The molecule has 0 fully saturated rings. The molecular formula is C18H27N3O2. The molecule has 1 aromatic heterocycles. The summed E-state index contributed by atoms with van der Waals surface area (Å²) < 4.78 is 7.42. The first-order valence-corrected chi connectivity index (χ1v) is 8.28. The predicted molar refractivity (Wildman–Crippen MR) is 91.7 cm³/mol. The number of nitrogens with zero attached hydrogens (tertiary/aromatic N) is 2. The molecule has 2 N–H and O–H groups in total. The lowest BCUT2D eigenvalue weighted by molar-refractivity contribution is 0.0348. The molecule has 0 bridgehead atoms. The molecule has 2 atom stereocenters. The summed E-state index contributed by atoms with van der Waals surface area (Å²) in [6.45, 7) is 5.84. The van der Waals surface area contributed by atoms with Crippen LogP contribution in [0.25, 0.3) is 5.69 Å². The summed E-state index contributed by atoms with van der Waals surface area (Å²) in [5.74, 6) is 0. The number of benzene rings is 1. The van der Waals surface area contributed by atoms with E-state index in [-0.39, 0.29) is 6.04 Å². The molecule has 0 spiro atoms. The first kappa shape index (κ1) is 17.7. The average Bonchev–Trinajstić information content (AvgIpc) is 3.11. The molecule has 2 unspecified atom stereocenters. The Morgan fingerprint density at radius 3 is 3.00 bits per heavy atom. The normalized spacial score (nSPS) is 13.9.